The van der Waals surface area contributed by atoms with Crippen LogP contribution in [0.1, 0.15) is 40.8 Å². The summed E-state index contributed by atoms with van der Waals surface area (Å²) in [7, 11) is 1.27. The zero-order valence-corrected chi connectivity index (χ0v) is 22.0. The maximum Gasteiger partial charge on any atom is 0.351 e. The fraction of sp³-hybridized carbons (Fsp3) is 0.200. The van der Waals surface area contributed by atoms with Crippen molar-refractivity contribution in [1.82, 2.24) is 4.98 Å². The number of esters is 1. The van der Waals surface area contributed by atoms with E-state index in [0.717, 1.165) is 23.5 Å². The zero-order valence-electron chi connectivity index (χ0n) is 19.5. The number of allylic oxidation sites excluding steroid dienone is 2. The normalized spacial score (nSPS) is 11.6. The van der Waals surface area contributed by atoms with Crippen LogP contribution in [0.2, 0.25) is 0 Å². The highest BCUT2D eigenvalue weighted by molar-refractivity contribution is 9.10. The molecule has 1 N–H and O–H groups in total. The van der Waals surface area contributed by atoms with Crippen molar-refractivity contribution in [2.75, 3.05) is 7.11 Å². The van der Waals surface area contributed by atoms with Crippen molar-refractivity contribution in [3.05, 3.63) is 84.8 Å². The van der Waals surface area contributed by atoms with E-state index in [1.807, 2.05) is 0 Å². The molecule has 0 amide bonds. The van der Waals surface area contributed by atoms with Gasteiger partial charge in [0.25, 0.3) is 5.19 Å². The Kier molecular flexibility index (Phi) is 9.48. The van der Waals surface area contributed by atoms with Crippen molar-refractivity contribution in [2.45, 2.75) is 26.2 Å². The van der Waals surface area contributed by atoms with E-state index in [-0.39, 0.29) is 22.3 Å². The molecule has 37 heavy (non-hydrogen) atoms. The first-order valence-corrected chi connectivity index (χ1v) is 12.3. The topological polar surface area (TPSA) is 116 Å². The number of thiazole rings is 1. The number of nitrogens with zero attached hydrogens (tertiary/aromatic N) is 1. The van der Waals surface area contributed by atoms with Gasteiger partial charge in [0.15, 0.2) is 17.4 Å². The van der Waals surface area contributed by atoms with Gasteiger partial charge in [0.05, 0.1) is 12.0 Å². The smallest absolute Gasteiger partial charge is 0.351 e. The standard InChI is InChI=1S/C25H20BrF2NO7S/c1-13(10-19-23(26)29-25(37-19)36-15-8-9-16(27)17(28)11-15)22(32)21-18(30)12-14(35-24(21)33)6-4-3-5-7-20(31)34-2/h5,7-12,30H,3-4,6H2,1-2H3/b7-5+,13-10+. The number of ether oxygens (including phenoxy) is 2. The molecule has 3 rings (SSSR count). The number of aryl methyl sites for hydroxylation is 1. The second-order valence-corrected chi connectivity index (χ2v) is 9.29. The first-order chi connectivity index (χ1) is 17.6. The second-order valence-electron chi connectivity index (χ2n) is 7.55. The highest BCUT2D eigenvalue weighted by Crippen LogP contribution is 2.34. The quantitative estimate of drug-likeness (QED) is 0.132. The SMILES string of the molecule is COC(=O)/C=C/CCCc1cc(O)c(C(=O)/C(C)=C/c2sc(Oc3ccc(F)c(F)c3)nc2Br)c(=O)o1. The molecule has 0 aliphatic heterocycles. The molecule has 194 valence electrons. The minimum atomic E-state index is -1.07. The van der Waals surface area contributed by atoms with Gasteiger partial charge in [-0.15, -0.1) is 0 Å². The van der Waals surface area contributed by atoms with Gasteiger partial charge in [-0.1, -0.05) is 17.4 Å². The van der Waals surface area contributed by atoms with Crippen molar-refractivity contribution >= 4 is 45.1 Å². The number of rotatable bonds is 10. The number of hydrogen-bond donors (Lipinski definition) is 1. The Morgan fingerprint density at radius 2 is 2.00 bits per heavy atom. The second kappa shape index (κ2) is 12.5. The molecule has 0 aliphatic rings. The van der Waals surface area contributed by atoms with Gasteiger partial charge in [0, 0.05) is 24.6 Å². The maximum absolute atomic E-state index is 13.4. The lowest BCUT2D eigenvalue weighted by Gasteiger charge is -2.05. The van der Waals surface area contributed by atoms with Crippen molar-refractivity contribution in [3.8, 4) is 16.7 Å². The third-order valence-electron chi connectivity index (χ3n) is 4.85. The third kappa shape index (κ3) is 7.43. The Hall–Kier alpha value is -3.64. The van der Waals surface area contributed by atoms with Crippen LogP contribution in [0.4, 0.5) is 8.78 Å². The lowest BCUT2D eigenvalue weighted by Crippen LogP contribution is -2.16. The number of unbranched alkanes of at least 4 members (excludes halogenated alkanes) is 1. The number of aromatic nitrogens is 1. The average Bonchev–Trinajstić information content (AvgIpc) is 3.18. The first kappa shape index (κ1) is 27.9. The maximum atomic E-state index is 13.4. The van der Waals surface area contributed by atoms with E-state index in [1.165, 1.54) is 38.3 Å². The third-order valence-corrected chi connectivity index (χ3v) is 6.60. The van der Waals surface area contributed by atoms with Crippen LogP contribution in [0.15, 0.2) is 55.8 Å². The molecular weight excluding hydrogens is 576 g/mol. The van der Waals surface area contributed by atoms with E-state index in [2.05, 4.69) is 25.7 Å². The summed E-state index contributed by atoms with van der Waals surface area (Å²) in [5.41, 5.74) is -1.39. The molecule has 3 aromatic rings. The molecule has 2 heterocycles. The number of methoxy groups -OCH3 is 1. The molecule has 0 atom stereocenters. The Bertz CT molecular complexity index is 1450. The van der Waals surface area contributed by atoms with Crippen LogP contribution < -0.4 is 10.4 Å². The van der Waals surface area contributed by atoms with Gasteiger partial charge in [-0.05, 0) is 59.5 Å². The Morgan fingerprint density at radius 3 is 2.68 bits per heavy atom. The zero-order chi connectivity index (χ0) is 27.1. The largest absolute Gasteiger partial charge is 0.507 e. The van der Waals surface area contributed by atoms with Crippen LogP contribution in [0, 0.1) is 11.6 Å². The summed E-state index contributed by atoms with van der Waals surface area (Å²) >= 11 is 4.25. The summed E-state index contributed by atoms with van der Waals surface area (Å²) in [5.74, 6) is -3.61. The Labute approximate surface area is 222 Å². The average molecular weight is 596 g/mol. The van der Waals surface area contributed by atoms with Gasteiger partial charge in [-0.25, -0.2) is 18.4 Å². The Balaban J connectivity index is 1.72. The van der Waals surface area contributed by atoms with Gasteiger partial charge >= 0.3 is 11.6 Å². The highest BCUT2D eigenvalue weighted by atomic mass is 79.9. The van der Waals surface area contributed by atoms with Gasteiger partial charge in [-0.3, -0.25) is 4.79 Å². The van der Waals surface area contributed by atoms with Gasteiger partial charge in [0.1, 0.15) is 27.4 Å². The number of ketones is 1. The minimum Gasteiger partial charge on any atom is -0.507 e. The van der Waals surface area contributed by atoms with E-state index in [0.29, 0.717) is 28.7 Å². The van der Waals surface area contributed by atoms with Crippen LogP contribution in [0.3, 0.4) is 0 Å². The lowest BCUT2D eigenvalue weighted by molar-refractivity contribution is -0.134. The van der Waals surface area contributed by atoms with E-state index in [1.54, 1.807) is 6.08 Å². The molecule has 8 nitrogen and oxygen atoms in total. The van der Waals surface area contributed by atoms with Crippen molar-refractivity contribution in [2.24, 2.45) is 0 Å². The molecule has 12 heteroatoms. The predicted octanol–water partition coefficient (Wildman–Crippen LogP) is 5.97. The van der Waals surface area contributed by atoms with Gasteiger partial charge in [-0.2, -0.15) is 4.98 Å². The number of aromatic hydroxyl groups is 1. The molecule has 1 aromatic carbocycles. The fourth-order valence-electron chi connectivity index (χ4n) is 3.03. The van der Waals surface area contributed by atoms with Gasteiger partial charge in [0.2, 0.25) is 0 Å². The van der Waals surface area contributed by atoms with Crippen molar-refractivity contribution in [1.29, 1.82) is 0 Å². The molecule has 0 aliphatic carbocycles. The first-order valence-electron chi connectivity index (χ1n) is 10.7. The number of hydrogen-bond acceptors (Lipinski definition) is 9. The molecule has 0 saturated carbocycles. The summed E-state index contributed by atoms with van der Waals surface area (Å²) < 4.78 is 42.0. The lowest BCUT2D eigenvalue weighted by atomic mass is 10.0. The van der Waals surface area contributed by atoms with E-state index >= 15 is 0 Å². The van der Waals surface area contributed by atoms with Crippen molar-refractivity contribution in [3.63, 3.8) is 0 Å². The number of halogens is 3. The van der Waals surface area contributed by atoms with E-state index in [9.17, 15) is 28.3 Å². The van der Waals surface area contributed by atoms with Crippen molar-refractivity contribution < 1.29 is 37.4 Å². The van der Waals surface area contributed by atoms with Crippen LogP contribution in [0.25, 0.3) is 6.08 Å². The van der Waals surface area contributed by atoms with Crippen LogP contribution in [-0.2, 0) is 16.0 Å². The number of benzene rings is 1. The summed E-state index contributed by atoms with van der Waals surface area (Å²) in [6.07, 6.45) is 5.66. The van der Waals surface area contributed by atoms with E-state index in [4.69, 9.17) is 9.15 Å². The summed E-state index contributed by atoms with van der Waals surface area (Å²) in [6.45, 7) is 1.45. The van der Waals surface area contributed by atoms with Crippen LogP contribution in [-0.4, -0.2) is 29.0 Å². The van der Waals surface area contributed by atoms with E-state index < -0.39 is 40.3 Å². The molecule has 0 unspecified atom stereocenters. The molecule has 2 aromatic heterocycles. The summed E-state index contributed by atoms with van der Waals surface area (Å²) in [5, 5.41) is 10.4. The Morgan fingerprint density at radius 1 is 1.24 bits per heavy atom. The highest BCUT2D eigenvalue weighted by Gasteiger charge is 2.21. The minimum absolute atomic E-state index is 0.0329. The number of carbonyl (C=O) groups excluding carboxylic acids is 2. The van der Waals surface area contributed by atoms with Crippen LogP contribution >= 0.6 is 27.3 Å². The molecule has 0 bridgehead atoms. The fourth-order valence-corrected chi connectivity index (χ4v) is 4.49. The molecule has 0 saturated heterocycles. The van der Waals surface area contributed by atoms with Crippen LogP contribution in [0.5, 0.6) is 16.7 Å². The number of Topliss-reactive ketones (excluding diaryl/α,β-unsaturated/α-hetero) is 1. The molecule has 0 fully saturated rings. The summed E-state index contributed by atoms with van der Waals surface area (Å²) in [4.78, 5) is 41.0. The number of carbonyl (C=O) groups is 2. The monoisotopic (exact) mass is 595 g/mol. The molecular formula is C25H20BrF2NO7S. The summed E-state index contributed by atoms with van der Waals surface area (Å²) in [6, 6.07) is 4.24. The molecule has 0 radical (unpaired) electrons. The van der Waals surface area contributed by atoms with Gasteiger partial charge < -0.3 is 19.0 Å². The molecule has 0 spiro atoms. The predicted molar refractivity (Wildman–Crippen MR) is 135 cm³/mol.